The van der Waals surface area contributed by atoms with Crippen LogP contribution in [0.25, 0.3) is 0 Å². The van der Waals surface area contributed by atoms with Crippen molar-refractivity contribution in [1.82, 2.24) is 0 Å². The van der Waals surface area contributed by atoms with Crippen molar-refractivity contribution in [3.05, 3.63) is 0 Å². The molecular formula is HB3N. The summed E-state index contributed by atoms with van der Waals surface area (Å²) in [5, 5.41) is 6.15. The van der Waals surface area contributed by atoms with Crippen LogP contribution in [0.15, 0.2) is 0 Å². The van der Waals surface area contributed by atoms with E-state index in [0.717, 1.165) is 6.96 Å². The first-order valence-corrected chi connectivity index (χ1v) is 0.955. The van der Waals surface area contributed by atoms with Crippen molar-refractivity contribution < 1.29 is 0 Å². The quantitative estimate of drug-likeness (QED) is 0.373. The second-order valence-electron chi connectivity index (χ2n) is 0.359. The van der Waals surface area contributed by atoms with Gasteiger partial charge in [-0.2, -0.15) is 0 Å². The third-order valence-electron chi connectivity index (χ3n) is 0.0962. The molecule has 0 rings (SSSR count). The Bertz CT molecular complexity index is 17.2. The molecule has 0 heterocycles. The fraction of sp³-hybridized carbons (Fsp3) is 0. The first-order valence-electron chi connectivity index (χ1n) is 0.955. The Labute approximate surface area is 28.2 Å². The molecule has 0 aromatic rings. The molecule has 0 aliphatic heterocycles. The van der Waals surface area contributed by atoms with Crippen LogP contribution in [0.3, 0.4) is 0 Å². The van der Waals surface area contributed by atoms with Gasteiger partial charge in [0.05, 0.1) is 0 Å². The molecule has 0 aliphatic carbocycles. The molecule has 3 radical (unpaired) electrons. The van der Waals surface area contributed by atoms with Gasteiger partial charge in [0.25, 0.3) is 0 Å². The van der Waals surface area contributed by atoms with E-state index >= 15 is 0 Å². The standard InChI is InChI=1S/B3HN/c1-2-3-4/h4H. The first-order chi connectivity index (χ1) is 1.91. The normalized spacial score (nSPS) is 4.00. The summed E-state index contributed by atoms with van der Waals surface area (Å²) in [5.74, 6) is 0. The van der Waals surface area contributed by atoms with Gasteiger partial charge in [0.1, 0.15) is 0 Å². The van der Waals surface area contributed by atoms with Gasteiger partial charge in [-0.3, -0.25) is 0 Å². The van der Waals surface area contributed by atoms with Gasteiger partial charge in [0, 0.05) is 0 Å². The third-order valence-corrected chi connectivity index (χ3v) is 0.0962. The molecule has 0 aromatic heterocycles. The number of hydrogen-bond donors (Lipinski definition) is 1. The molecule has 0 aromatic carbocycles. The zero-order chi connectivity index (χ0) is 3.41. The Kier molecular flexibility index (Phi) is 2.99. The number of hydrogen-bond acceptors (Lipinski definition) is 1. The molecular weight excluding hydrogens is 46.4 g/mol. The van der Waals surface area contributed by atoms with E-state index in [1.807, 2.05) is 0 Å². The van der Waals surface area contributed by atoms with Crippen LogP contribution in [0.1, 0.15) is 0 Å². The molecule has 1 nitrogen and oxygen atoms in total. The van der Waals surface area contributed by atoms with Crippen LogP contribution in [-0.2, 0) is 0 Å². The van der Waals surface area contributed by atoms with Crippen LogP contribution >= 0.6 is 0 Å². The van der Waals surface area contributed by atoms with Crippen LogP contribution in [-0.4, -0.2) is 21.8 Å². The van der Waals surface area contributed by atoms with Gasteiger partial charge in [-0.1, -0.05) is 0 Å². The second-order valence-corrected chi connectivity index (χ2v) is 0.359. The fourth-order valence-electron chi connectivity index (χ4n) is 0. The summed E-state index contributed by atoms with van der Waals surface area (Å²) >= 11 is 0. The maximum atomic E-state index is 6.15. The van der Waals surface area contributed by atoms with Gasteiger partial charge < -0.3 is 0 Å². The van der Waals surface area contributed by atoms with Gasteiger partial charge in [0.2, 0.25) is 0 Å². The Morgan fingerprint density at radius 2 is 2.00 bits per heavy atom. The summed E-state index contributed by atoms with van der Waals surface area (Å²) in [6, 6.07) is 0. The molecule has 1 N–H and O–H groups in total. The molecule has 0 saturated carbocycles. The molecule has 0 atom stereocenters. The summed E-state index contributed by atoms with van der Waals surface area (Å²) in [6.45, 7) is 1.03. The topological polar surface area (TPSA) is 23.9 Å². The van der Waals surface area contributed by atoms with Crippen molar-refractivity contribution in [2.24, 2.45) is 0 Å². The average Bonchev–Trinajstić information content (AvgIpc) is 1.37. The second kappa shape index (κ2) is 2.99. The third kappa shape index (κ3) is 1.99. The van der Waals surface area contributed by atoms with Crippen molar-refractivity contribution in [2.45, 2.75) is 0 Å². The van der Waals surface area contributed by atoms with E-state index in [9.17, 15) is 0 Å². The van der Waals surface area contributed by atoms with E-state index < -0.39 is 0 Å². The molecule has 0 spiro atoms. The fourth-order valence-corrected chi connectivity index (χ4v) is 0. The average molecular weight is 47.5 g/mol. The Morgan fingerprint density at radius 3 is 2.00 bits per heavy atom. The van der Waals surface area contributed by atoms with E-state index in [1.165, 1.54) is 7.06 Å². The van der Waals surface area contributed by atoms with Gasteiger partial charge in [-0.05, 0) is 0 Å². The minimum absolute atomic E-state index is 1.03. The molecule has 0 amide bonds. The summed E-state index contributed by atoms with van der Waals surface area (Å²) < 4.78 is 0. The monoisotopic (exact) mass is 48.0 g/mol. The van der Waals surface area contributed by atoms with E-state index in [1.54, 1.807) is 0 Å². The zero-order valence-corrected chi connectivity index (χ0v) is 2.23. The minimum atomic E-state index is 1.03. The molecule has 15 valence electrons. The Balaban J connectivity index is 2.30. The van der Waals surface area contributed by atoms with Gasteiger partial charge in [-0.25, -0.2) is 0 Å². The molecule has 0 fully saturated rings. The van der Waals surface area contributed by atoms with Gasteiger partial charge >= 0.3 is 27.1 Å². The molecule has 0 unspecified atom stereocenters. The predicted octanol–water partition coefficient (Wildman–Crippen LogP) is -0.844. The van der Waals surface area contributed by atoms with Crippen LogP contribution < -0.4 is 0 Å². The number of nitrogens with one attached hydrogen (secondary N) is 1. The van der Waals surface area contributed by atoms with Gasteiger partial charge in [0.15, 0.2) is 0 Å². The first kappa shape index (κ1) is 3.99. The van der Waals surface area contributed by atoms with Crippen molar-refractivity contribution in [2.75, 3.05) is 0 Å². The zero-order valence-electron chi connectivity index (χ0n) is 2.23. The van der Waals surface area contributed by atoms with E-state index in [0.29, 0.717) is 0 Å². The molecule has 0 bridgehead atoms. The molecule has 4 heavy (non-hydrogen) atoms. The summed E-state index contributed by atoms with van der Waals surface area (Å²) in [7, 11) is 5.83. The van der Waals surface area contributed by atoms with Crippen LogP contribution in [0.2, 0.25) is 0 Å². The van der Waals surface area contributed by atoms with E-state index in [4.69, 9.17) is 5.31 Å². The summed E-state index contributed by atoms with van der Waals surface area (Å²) in [4.78, 5) is 0. The SMILES string of the molecule is [B][B]B=N. The molecule has 0 saturated heterocycles. The Morgan fingerprint density at radius 1 is 1.75 bits per heavy atom. The summed E-state index contributed by atoms with van der Waals surface area (Å²) in [6.07, 6.45) is 0. The van der Waals surface area contributed by atoms with Gasteiger partial charge in [-0.15, -0.1) is 0 Å². The molecule has 4 heteroatoms. The predicted molar refractivity (Wildman–Crippen MR) is 20.0 cm³/mol. The van der Waals surface area contributed by atoms with Crippen LogP contribution in [0, 0.1) is 5.31 Å². The van der Waals surface area contributed by atoms with E-state index in [2.05, 4.69) is 7.74 Å². The van der Waals surface area contributed by atoms with E-state index in [-0.39, 0.29) is 0 Å². The van der Waals surface area contributed by atoms with Crippen molar-refractivity contribution in [3.8, 4) is 0 Å². The molecule has 0 aliphatic rings. The number of rotatable bonds is 1. The summed E-state index contributed by atoms with van der Waals surface area (Å²) in [5.41, 5.74) is 0. The van der Waals surface area contributed by atoms with Crippen molar-refractivity contribution in [1.29, 1.82) is 5.31 Å². The van der Waals surface area contributed by atoms with Crippen LogP contribution in [0.5, 0.6) is 0 Å². The van der Waals surface area contributed by atoms with Crippen molar-refractivity contribution in [3.63, 3.8) is 0 Å². The maximum absolute atomic E-state index is 6.15. The van der Waals surface area contributed by atoms with Crippen LogP contribution in [0.4, 0.5) is 0 Å². The van der Waals surface area contributed by atoms with Crippen molar-refractivity contribution >= 4 is 21.8 Å². The Hall–Kier alpha value is -0.00519.